The third-order valence-electron chi connectivity index (χ3n) is 4.10. The Labute approximate surface area is 147 Å². The van der Waals surface area contributed by atoms with Gasteiger partial charge in [0.1, 0.15) is 5.69 Å². The van der Waals surface area contributed by atoms with Crippen LogP contribution in [0, 0.1) is 0 Å². The molecule has 0 aliphatic carbocycles. The molecule has 8 heteroatoms. The lowest BCUT2D eigenvalue weighted by molar-refractivity contribution is -0.130. The standard InChI is InChI=1S/C17H25N5O3/c1-13(23)21-8-10-22(11-9-21)17(25)14-4-5-18-15(12-14)16(24)19-6-7-20(2)3/h4-5,12H,6-11H2,1-3H3,(H,19,24). The number of amides is 3. The minimum atomic E-state index is -0.294. The number of pyridine rings is 1. The van der Waals surface area contributed by atoms with Crippen molar-refractivity contribution in [3.63, 3.8) is 0 Å². The first-order valence-corrected chi connectivity index (χ1v) is 8.32. The zero-order valence-corrected chi connectivity index (χ0v) is 15.0. The zero-order valence-electron chi connectivity index (χ0n) is 15.0. The molecule has 1 aliphatic heterocycles. The summed E-state index contributed by atoms with van der Waals surface area (Å²) < 4.78 is 0. The molecule has 1 N–H and O–H groups in total. The Kier molecular flexibility index (Phi) is 6.46. The molecule has 1 fully saturated rings. The van der Waals surface area contributed by atoms with Crippen molar-refractivity contribution in [2.75, 3.05) is 53.4 Å². The summed E-state index contributed by atoms with van der Waals surface area (Å²) in [4.78, 5) is 45.5. The smallest absolute Gasteiger partial charge is 0.269 e. The van der Waals surface area contributed by atoms with Gasteiger partial charge >= 0.3 is 0 Å². The van der Waals surface area contributed by atoms with E-state index in [2.05, 4.69) is 10.3 Å². The van der Waals surface area contributed by atoms with Crippen LogP contribution in [-0.4, -0.2) is 90.8 Å². The predicted octanol–water partition coefficient (Wildman–Crippen LogP) is -0.323. The Balaban J connectivity index is 1.97. The highest BCUT2D eigenvalue weighted by atomic mass is 16.2. The number of carbonyl (C=O) groups excluding carboxylic acids is 3. The molecule has 25 heavy (non-hydrogen) atoms. The zero-order chi connectivity index (χ0) is 18.4. The van der Waals surface area contributed by atoms with E-state index in [-0.39, 0.29) is 23.4 Å². The van der Waals surface area contributed by atoms with Crippen LogP contribution in [0.15, 0.2) is 18.3 Å². The number of piperazine rings is 1. The van der Waals surface area contributed by atoms with Gasteiger partial charge in [0.15, 0.2) is 0 Å². The fourth-order valence-corrected chi connectivity index (χ4v) is 2.58. The Morgan fingerprint density at radius 3 is 2.40 bits per heavy atom. The average molecular weight is 347 g/mol. The number of carbonyl (C=O) groups is 3. The Morgan fingerprint density at radius 1 is 1.16 bits per heavy atom. The lowest BCUT2D eigenvalue weighted by Crippen LogP contribution is -2.50. The van der Waals surface area contributed by atoms with Gasteiger partial charge in [-0.1, -0.05) is 0 Å². The number of hydrogen-bond donors (Lipinski definition) is 1. The van der Waals surface area contributed by atoms with E-state index in [1.54, 1.807) is 15.9 Å². The normalized spacial score (nSPS) is 14.6. The number of nitrogens with one attached hydrogen (secondary N) is 1. The highest BCUT2D eigenvalue weighted by molar-refractivity contribution is 5.98. The number of nitrogens with zero attached hydrogens (tertiary/aromatic N) is 4. The van der Waals surface area contributed by atoms with E-state index in [1.165, 1.54) is 19.2 Å². The van der Waals surface area contributed by atoms with Crippen LogP contribution in [0.3, 0.4) is 0 Å². The molecular weight excluding hydrogens is 322 g/mol. The van der Waals surface area contributed by atoms with Crippen LogP contribution in [0.25, 0.3) is 0 Å². The minimum absolute atomic E-state index is 0.0210. The fourth-order valence-electron chi connectivity index (χ4n) is 2.58. The van der Waals surface area contributed by atoms with Gasteiger partial charge in [-0.3, -0.25) is 19.4 Å². The molecule has 2 heterocycles. The first-order valence-electron chi connectivity index (χ1n) is 8.32. The number of rotatable bonds is 5. The van der Waals surface area contributed by atoms with Crippen LogP contribution >= 0.6 is 0 Å². The number of hydrogen-bond acceptors (Lipinski definition) is 5. The maximum Gasteiger partial charge on any atom is 0.269 e. The molecule has 1 aromatic rings. The second-order valence-corrected chi connectivity index (χ2v) is 6.29. The van der Waals surface area contributed by atoms with E-state index in [0.717, 1.165) is 6.54 Å². The van der Waals surface area contributed by atoms with Gasteiger partial charge in [0.2, 0.25) is 5.91 Å². The maximum atomic E-state index is 12.6. The molecule has 3 amide bonds. The molecule has 0 aromatic carbocycles. The molecular formula is C17H25N5O3. The van der Waals surface area contributed by atoms with Crippen molar-refractivity contribution in [2.45, 2.75) is 6.92 Å². The molecule has 0 saturated carbocycles. The van der Waals surface area contributed by atoms with E-state index in [9.17, 15) is 14.4 Å². The summed E-state index contributed by atoms with van der Waals surface area (Å²) in [5, 5.41) is 2.78. The van der Waals surface area contributed by atoms with Crippen LogP contribution in [0.4, 0.5) is 0 Å². The van der Waals surface area contributed by atoms with Crippen molar-refractivity contribution in [1.82, 2.24) is 25.0 Å². The van der Waals surface area contributed by atoms with Gasteiger partial charge in [0.25, 0.3) is 11.8 Å². The first kappa shape index (κ1) is 18.9. The molecule has 0 radical (unpaired) electrons. The highest BCUT2D eigenvalue weighted by Crippen LogP contribution is 2.10. The first-order chi connectivity index (χ1) is 11.9. The predicted molar refractivity (Wildman–Crippen MR) is 93.3 cm³/mol. The van der Waals surface area contributed by atoms with Gasteiger partial charge in [0, 0.05) is 58.0 Å². The van der Waals surface area contributed by atoms with Gasteiger partial charge < -0.3 is 20.0 Å². The van der Waals surface area contributed by atoms with Crippen molar-refractivity contribution < 1.29 is 14.4 Å². The Morgan fingerprint density at radius 2 is 1.80 bits per heavy atom. The average Bonchev–Trinajstić information content (AvgIpc) is 2.61. The van der Waals surface area contributed by atoms with E-state index < -0.39 is 0 Å². The lowest BCUT2D eigenvalue weighted by atomic mass is 10.1. The summed E-state index contributed by atoms with van der Waals surface area (Å²) in [5.74, 6) is -0.418. The fraction of sp³-hybridized carbons (Fsp3) is 0.529. The van der Waals surface area contributed by atoms with Gasteiger partial charge in [0.05, 0.1) is 0 Å². The summed E-state index contributed by atoms with van der Waals surface area (Å²) in [7, 11) is 3.85. The molecule has 1 aromatic heterocycles. The molecule has 8 nitrogen and oxygen atoms in total. The van der Waals surface area contributed by atoms with Crippen molar-refractivity contribution in [3.05, 3.63) is 29.6 Å². The molecule has 1 aliphatic rings. The van der Waals surface area contributed by atoms with Crippen molar-refractivity contribution in [2.24, 2.45) is 0 Å². The Bertz CT molecular complexity index is 639. The van der Waals surface area contributed by atoms with Crippen LogP contribution in [0.5, 0.6) is 0 Å². The van der Waals surface area contributed by atoms with Gasteiger partial charge in [-0.15, -0.1) is 0 Å². The molecule has 0 bridgehead atoms. The van der Waals surface area contributed by atoms with Gasteiger partial charge in [-0.05, 0) is 26.2 Å². The van der Waals surface area contributed by atoms with Gasteiger partial charge in [-0.2, -0.15) is 0 Å². The van der Waals surface area contributed by atoms with E-state index in [4.69, 9.17) is 0 Å². The summed E-state index contributed by atoms with van der Waals surface area (Å²) in [5.41, 5.74) is 0.663. The monoisotopic (exact) mass is 347 g/mol. The number of likely N-dealkylation sites (N-methyl/N-ethyl adjacent to an activating group) is 1. The van der Waals surface area contributed by atoms with E-state index in [1.807, 2.05) is 19.0 Å². The number of aromatic nitrogens is 1. The quantitative estimate of drug-likeness (QED) is 0.789. The van der Waals surface area contributed by atoms with Crippen LogP contribution in [-0.2, 0) is 4.79 Å². The second kappa shape index (κ2) is 8.57. The summed E-state index contributed by atoms with van der Waals surface area (Å²) >= 11 is 0. The maximum absolute atomic E-state index is 12.6. The van der Waals surface area contributed by atoms with Crippen molar-refractivity contribution in [1.29, 1.82) is 0 Å². The third-order valence-corrected chi connectivity index (χ3v) is 4.10. The summed E-state index contributed by atoms with van der Waals surface area (Å²) in [6.45, 7) is 4.81. The van der Waals surface area contributed by atoms with Crippen molar-refractivity contribution >= 4 is 17.7 Å². The molecule has 0 spiro atoms. The third kappa shape index (κ3) is 5.25. The molecule has 136 valence electrons. The molecule has 1 saturated heterocycles. The van der Waals surface area contributed by atoms with Crippen molar-refractivity contribution in [3.8, 4) is 0 Å². The van der Waals surface area contributed by atoms with Crippen LogP contribution < -0.4 is 5.32 Å². The molecule has 2 rings (SSSR count). The SMILES string of the molecule is CC(=O)N1CCN(C(=O)c2ccnc(C(=O)NCCN(C)C)c2)CC1. The topological polar surface area (TPSA) is 85.9 Å². The molecule has 0 unspecified atom stereocenters. The van der Waals surface area contributed by atoms with E-state index >= 15 is 0 Å². The Hall–Kier alpha value is -2.48. The van der Waals surface area contributed by atoms with Crippen LogP contribution in [0.1, 0.15) is 27.8 Å². The lowest BCUT2D eigenvalue weighted by Gasteiger charge is -2.34. The highest BCUT2D eigenvalue weighted by Gasteiger charge is 2.23. The molecule has 0 atom stereocenters. The van der Waals surface area contributed by atoms with Gasteiger partial charge in [-0.25, -0.2) is 0 Å². The van der Waals surface area contributed by atoms with E-state index in [0.29, 0.717) is 38.3 Å². The minimum Gasteiger partial charge on any atom is -0.349 e. The summed E-state index contributed by atoms with van der Waals surface area (Å²) in [6, 6.07) is 3.13. The second-order valence-electron chi connectivity index (χ2n) is 6.29. The van der Waals surface area contributed by atoms with Crippen LogP contribution in [0.2, 0.25) is 0 Å². The largest absolute Gasteiger partial charge is 0.349 e. The summed E-state index contributed by atoms with van der Waals surface area (Å²) in [6.07, 6.45) is 1.47.